The third kappa shape index (κ3) is 5.84. The molecule has 0 unspecified atom stereocenters. The van der Waals surface area contributed by atoms with Crippen LogP contribution in [0.2, 0.25) is 0 Å². The Bertz CT molecular complexity index is 1150. The summed E-state index contributed by atoms with van der Waals surface area (Å²) >= 11 is 0. The quantitative estimate of drug-likeness (QED) is 0.402. The van der Waals surface area contributed by atoms with E-state index in [4.69, 9.17) is 10.5 Å². The number of likely N-dealkylation sites (tertiary alicyclic amines) is 1. The zero-order valence-electron chi connectivity index (χ0n) is 19.6. The fourth-order valence-corrected chi connectivity index (χ4v) is 4.91. The summed E-state index contributed by atoms with van der Waals surface area (Å²) < 4.78 is 32.0. The van der Waals surface area contributed by atoms with E-state index in [9.17, 15) is 18.7 Å². The van der Waals surface area contributed by atoms with Crippen molar-refractivity contribution in [3.05, 3.63) is 47.7 Å². The van der Waals surface area contributed by atoms with Crippen LogP contribution in [0.15, 0.2) is 40.9 Å². The Morgan fingerprint density at radius 1 is 1.34 bits per heavy atom. The molecule has 1 saturated heterocycles. The van der Waals surface area contributed by atoms with Gasteiger partial charge in [-0.15, -0.1) is 4.40 Å². The fourth-order valence-electron chi connectivity index (χ4n) is 4.03. The highest BCUT2D eigenvalue weighted by atomic mass is 32.3. The largest absolute Gasteiger partial charge is 0.492 e. The summed E-state index contributed by atoms with van der Waals surface area (Å²) in [6, 6.07) is 8.38. The van der Waals surface area contributed by atoms with Crippen LogP contribution >= 0.6 is 11.0 Å². The van der Waals surface area contributed by atoms with E-state index in [1.165, 1.54) is 6.20 Å². The minimum atomic E-state index is -3.37. The number of carbonyl (C=O) groups is 2. The molecule has 35 heavy (non-hydrogen) atoms. The Hall–Kier alpha value is -3.35. The first kappa shape index (κ1) is 24.8. The van der Waals surface area contributed by atoms with Crippen LogP contribution in [0.25, 0.3) is 0 Å². The number of anilines is 2. The normalized spacial score (nSPS) is 19.7. The number of hydrogen-bond acceptors (Lipinski definition) is 9. The van der Waals surface area contributed by atoms with Gasteiger partial charge in [0.2, 0.25) is 5.91 Å². The second-order valence-corrected chi connectivity index (χ2v) is 10.3. The highest BCUT2D eigenvalue weighted by Crippen LogP contribution is 2.46. The van der Waals surface area contributed by atoms with Gasteiger partial charge in [-0.3, -0.25) is 23.4 Å². The SMILES string of the molecule is CC(C)C(=O)Nc1cc(C(=O)N2CCC[C@H](COc3cccc4c3C(N)=NS(O)(O)N4)C2)ccn1. The van der Waals surface area contributed by atoms with Crippen LogP contribution in [0.4, 0.5) is 11.5 Å². The number of pyridine rings is 1. The van der Waals surface area contributed by atoms with Gasteiger partial charge in [0.25, 0.3) is 5.91 Å². The van der Waals surface area contributed by atoms with E-state index >= 15 is 0 Å². The Balaban J connectivity index is 1.40. The molecule has 4 rings (SSSR count). The van der Waals surface area contributed by atoms with Crippen molar-refractivity contribution in [2.45, 2.75) is 26.7 Å². The minimum Gasteiger partial charge on any atom is -0.492 e. The summed E-state index contributed by atoms with van der Waals surface area (Å²) in [5.74, 6) is 0.446. The maximum Gasteiger partial charge on any atom is 0.254 e. The predicted molar refractivity (Wildman–Crippen MR) is 135 cm³/mol. The molecule has 0 radical (unpaired) electrons. The fraction of sp³-hybridized carbons (Fsp3) is 0.391. The van der Waals surface area contributed by atoms with Gasteiger partial charge in [0.1, 0.15) is 11.6 Å². The summed E-state index contributed by atoms with van der Waals surface area (Å²) in [5.41, 5.74) is 7.35. The second-order valence-electron chi connectivity index (χ2n) is 8.92. The van der Waals surface area contributed by atoms with Gasteiger partial charge in [-0.05, 0) is 48.1 Å². The first-order valence-corrected chi connectivity index (χ1v) is 12.9. The zero-order chi connectivity index (χ0) is 25.2. The number of rotatable bonds is 6. The maximum atomic E-state index is 13.1. The van der Waals surface area contributed by atoms with Crippen molar-refractivity contribution in [2.24, 2.45) is 22.0 Å². The number of aromatic nitrogens is 1. The van der Waals surface area contributed by atoms with Crippen LogP contribution in [-0.2, 0) is 4.79 Å². The van der Waals surface area contributed by atoms with Gasteiger partial charge >= 0.3 is 0 Å². The van der Waals surface area contributed by atoms with Gasteiger partial charge in [-0.2, -0.15) is 0 Å². The Morgan fingerprint density at radius 3 is 2.91 bits per heavy atom. The van der Waals surface area contributed by atoms with E-state index in [0.717, 1.165) is 12.8 Å². The molecular formula is C23H30N6O5S. The van der Waals surface area contributed by atoms with Gasteiger partial charge < -0.3 is 20.7 Å². The molecule has 0 spiro atoms. The van der Waals surface area contributed by atoms with E-state index < -0.39 is 11.0 Å². The monoisotopic (exact) mass is 502 g/mol. The van der Waals surface area contributed by atoms with Gasteiger partial charge in [0, 0.05) is 36.7 Å². The molecule has 11 nitrogen and oxygen atoms in total. The number of nitrogens with zero attached hydrogens (tertiary/aromatic N) is 3. The average molecular weight is 503 g/mol. The van der Waals surface area contributed by atoms with Crippen LogP contribution in [0.5, 0.6) is 5.75 Å². The number of amidine groups is 1. The molecule has 0 aliphatic carbocycles. The highest BCUT2D eigenvalue weighted by molar-refractivity contribution is 8.24. The van der Waals surface area contributed by atoms with Gasteiger partial charge in [0.15, 0.2) is 5.84 Å². The predicted octanol–water partition coefficient (Wildman–Crippen LogP) is 3.32. The average Bonchev–Trinajstić information content (AvgIpc) is 2.81. The summed E-state index contributed by atoms with van der Waals surface area (Å²) in [6.45, 7) is 5.09. The van der Waals surface area contributed by atoms with E-state index in [2.05, 4.69) is 19.4 Å². The minimum absolute atomic E-state index is 0.00662. The first-order valence-electron chi connectivity index (χ1n) is 11.4. The molecule has 1 atom stereocenters. The number of nitrogens with one attached hydrogen (secondary N) is 2. The van der Waals surface area contributed by atoms with Crippen LogP contribution in [0.3, 0.4) is 0 Å². The summed E-state index contributed by atoms with van der Waals surface area (Å²) in [6.07, 6.45) is 3.25. The highest BCUT2D eigenvalue weighted by Gasteiger charge is 2.28. The third-order valence-corrected chi connectivity index (χ3v) is 6.76. The topological polar surface area (TPSA) is 162 Å². The molecule has 2 aliphatic heterocycles. The van der Waals surface area contributed by atoms with Crippen LogP contribution in [0, 0.1) is 11.8 Å². The summed E-state index contributed by atoms with van der Waals surface area (Å²) in [4.78, 5) is 31.0. The van der Waals surface area contributed by atoms with Crippen molar-refractivity contribution in [1.29, 1.82) is 0 Å². The lowest BCUT2D eigenvalue weighted by Crippen LogP contribution is -2.41. The lowest BCUT2D eigenvalue weighted by Gasteiger charge is -2.34. The van der Waals surface area contributed by atoms with Crippen molar-refractivity contribution in [3.63, 3.8) is 0 Å². The number of hydrogen-bond donors (Lipinski definition) is 5. The number of nitrogens with two attached hydrogens (primary N) is 1. The van der Waals surface area contributed by atoms with Crippen molar-refractivity contribution in [3.8, 4) is 5.75 Å². The Morgan fingerprint density at radius 2 is 2.14 bits per heavy atom. The first-order chi connectivity index (χ1) is 16.6. The van der Waals surface area contributed by atoms with Crippen molar-refractivity contribution in [2.75, 3.05) is 29.7 Å². The van der Waals surface area contributed by atoms with Crippen molar-refractivity contribution in [1.82, 2.24) is 9.88 Å². The molecule has 12 heteroatoms. The number of ether oxygens (including phenoxy) is 1. The molecule has 1 aromatic heterocycles. The van der Waals surface area contributed by atoms with E-state index in [1.807, 2.05) is 0 Å². The van der Waals surface area contributed by atoms with Crippen LogP contribution in [0.1, 0.15) is 42.6 Å². The Kier molecular flexibility index (Phi) is 7.15. The standard InChI is InChI=1S/C23H30N6O5S/c1-14(2)22(30)26-19-11-16(8-9-25-19)23(31)29-10-4-5-15(12-29)13-34-18-7-3-6-17-20(18)21(24)28-35(32,33)27-17/h3,6-9,11,14-15,27,32-33H,4-5,10,12-13H2,1-2H3,(H2,24,28)(H,25,26,30)/t15-/m0/s1. The molecule has 188 valence electrons. The molecule has 2 aliphatic rings. The molecule has 3 heterocycles. The molecule has 1 fully saturated rings. The number of fused-ring (bicyclic) bond motifs is 1. The molecule has 0 bridgehead atoms. The molecular weight excluding hydrogens is 472 g/mol. The molecule has 2 aromatic rings. The molecule has 2 amide bonds. The second kappa shape index (κ2) is 10.1. The van der Waals surface area contributed by atoms with Gasteiger partial charge in [-0.25, -0.2) is 4.98 Å². The van der Waals surface area contributed by atoms with Crippen LogP contribution in [-0.4, -0.2) is 56.3 Å². The number of amides is 2. The van der Waals surface area contributed by atoms with E-state index in [0.29, 0.717) is 48.1 Å². The Labute approximate surface area is 205 Å². The number of benzene rings is 1. The maximum absolute atomic E-state index is 13.1. The molecule has 0 saturated carbocycles. The molecule has 1 aromatic carbocycles. The lowest BCUT2D eigenvalue weighted by atomic mass is 9.98. The van der Waals surface area contributed by atoms with Gasteiger partial charge in [-0.1, -0.05) is 19.9 Å². The number of carbonyl (C=O) groups excluding carboxylic acids is 2. The summed E-state index contributed by atoms with van der Waals surface area (Å²) in [5, 5.41) is 2.72. The molecule has 6 N–H and O–H groups in total. The lowest BCUT2D eigenvalue weighted by molar-refractivity contribution is -0.118. The van der Waals surface area contributed by atoms with Gasteiger partial charge in [0.05, 0.1) is 17.9 Å². The summed E-state index contributed by atoms with van der Waals surface area (Å²) in [7, 11) is -3.37. The van der Waals surface area contributed by atoms with E-state index in [1.54, 1.807) is 49.1 Å². The van der Waals surface area contributed by atoms with E-state index in [-0.39, 0.29) is 29.5 Å². The van der Waals surface area contributed by atoms with Crippen molar-refractivity contribution >= 4 is 40.1 Å². The van der Waals surface area contributed by atoms with Crippen molar-refractivity contribution < 1.29 is 23.4 Å². The smallest absolute Gasteiger partial charge is 0.254 e. The number of piperidine rings is 1. The third-order valence-electron chi connectivity index (χ3n) is 5.82. The zero-order valence-corrected chi connectivity index (χ0v) is 20.4. The van der Waals surface area contributed by atoms with Crippen LogP contribution < -0.4 is 20.5 Å².